The number of anilines is 2. The predicted octanol–water partition coefficient (Wildman–Crippen LogP) is 2.67. The molecule has 4 nitrogen and oxygen atoms in total. The molecule has 1 N–H and O–H groups in total. The number of hydrogen-bond donors (Lipinski definition) is 1. The number of benzene rings is 1. The Hall–Kier alpha value is -2.07. The zero-order valence-electron chi connectivity index (χ0n) is 11.5. The highest BCUT2D eigenvalue weighted by Gasteiger charge is 2.13. The second kappa shape index (κ2) is 5.92. The van der Waals surface area contributed by atoms with Gasteiger partial charge >= 0.3 is 0 Å². The fourth-order valence-electron chi connectivity index (χ4n) is 2.45. The molecule has 1 aromatic heterocycles. The highest BCUT2D eigenvalue weighted by molar-refractivity contribution is 5.92. The summed E-state index contributed by atoms with van der Waals surface area (Å²) in [6.45, 7) is 7.86. The third kappa shape index (κ3) is 2.60. The standard InChI is InChI=1S/C16H19N3O/c1-2-8-17-14-4-3-5-15-13(14)6-7-16(18-15)19-9-11-20-12-10-19/h2-7,17H,1,8-12H2. The van der Waals surface area contributed by atoms with Crippen LogP contribution in [0.15, 0.2) is 43.0 Å². The Kier molecular flexibility index (Phi) is 3.83. The van der Waals surface area contributed by atoms with Crippen molar-refractivity contribution in [2.45, 2.75) is 0 Å². The summed E-state index contributed by atoms with van der Waals surface area (Å²) in [5.74, 6) is 1.03. The molecule has 1 saturated heterocycles. The maximum Gasteiger partial charge on any atom is 0.129 e. The third-order valence-electron chi connectivity index (χ3n) is 3.49. The summed E-state index contributed by atoms with van der Waals surface area (Å²) in [6, 6.07) is 10.4. The van der Waals surface area contributed by atoms with Gasteiger partial charge in [0.25, 0.3) is 0 Å². The molecule has 0 radical (unpaired) electrons. The van der Waals surface area contributed by atoms with Crippen molar-refractivity contribution in [3.63, 3.8) is 0 Å². The summed E-state index contributed by atoms with van der Waals surface area (Å²) in [4.78, 5) is 7.04. The van der Waals surface area contributed by atoms with Gasteiger partial charge in [-0.2, -0.15) is 0 Å². The molecule has 0 bridgehead atoms. The Morgan fingerprint density at radius 2 is 2.10 bits per heavy atom. The first-order valence-corrected chi connectivity index (χ1v) is 6.96. The molecule has 104 valence electrons. The Morgan fingerprint density at radius 3 is 2.90 bits per heavy atom. The van der Waals surface area contributed by atoms with E-state index in [1.54, 1.807) is 0 Å². The molecule has 1 fully saturated rings. The predicted molar refractivity (Wildman–Crippen MR) is 83.5 cm³/mol. The monoisotopic (exact) mass is 269 g/mol. The van der Waals surface area contributed by atoms with E-state index in [2.05, 4.69) is 41.1 Å². The van der Waals surface area contributed by atoms with Crippen LogP contribution in [0.25, 0.3) is 10.9 Å². The molecule has 0 aliphatic carbocycles. The molecular weight excluding hydrogens is 250 g/mol. The molecular formula is C16H19N3O. The van der Waals surface area contributed by atoms with Crippen LogP contribution in [0.5, 0.6) is 0 Å². The molecule has 0 spiro atoms. The Morgan fingerprint density at radius 1 is 1.25 bits per heavy atom. The van der Waals surface area contributed by atoms with Gasteiger partial charge in [-0.15, -0.1) is 6.58 Å². The molecule has 2 aromatic rings. The summed E-state index contributed by atoms with van der Waals surface area (Å²) in [5.41, 5.74) is 2.12. The highest BCUT2D eigenvalue weighted by Crippen LogP contribution is 2.25. The van der Waals surface area contributed by atoms with Crippen LogP contribution >= 0.6 is 0 Å². The van der Waals surface area contributed by atoms with E-state index in [-0.39, 0.29) is 0 Å². The van der Waals surface area contributed by atoms with Crippen molar-refractivity contribution >= 4 is 22.4 Å². The van der Waals surface area contributed by atoms with Gasteiger partial charge in [0, 0.05) is 30.7 Å². The fourth-order valence-corrected chi connectivity index (χ4v) is 2.45. The minimum atomic E-state index is 0.754. The van der Waals surface area contributed by atoms with Crippen molar-refractivity contribution in [2.24, 2.45) is 0 Å². The lowest BCUT2D eigenvalue weighted by molar-refractivity contribution is 0.122. The van der Waals surface area contributed by atoms with Gasteiger partial charge < -0.3 is 15.0 Å². The molecule has 4 heteroatoms. The van der Waals surface area contributed by atoms with Crippen molar-refractivity contribution in [2.75, 3.05) is 43.1 Å². The Labute approximate surface area is 119 Å². The maximum absolute atomic E-state index is 5.38. The molecule has 0 unspecified atom stereocenters. The molecule has 3 rings (SSSR count). The van der Waals surface area contributed by atoms with Gasteiger partial charge in [0.1, 0.15) is 5.82 Å². The van der Waals surface area contributed by atoms with E-state index in [1.807, 2.05) is 12.1 Å². The second-order valence-electron chi connectivity index (χ2n) is 4.81. The van der Waals surface area contributed by atoms with E-state index in [9.17, 15) is 0 Å². The number of nitrogens with zero attached hydrogens (tertiary/aromatic N) is 2. The van der Waals surface area contributed by atoms with Crippen LogP contribution in [0.2, 0.25) is 0 Å². The molecule has 0 amide bonds. The molecule has 1 aliphatic heterocycles. The Bertz CT molecular complexity index is 606. The van der Waals surface area contributed by atoms with E-state index in [1.165, 1.54) is 0 Å². The van der Waals surface area contributed by atoms with E-state index in [4.69, 9.17) is 9.72 Å². The maximum atomic E-state index is 5.38. The molecule has 0 atom stereocenters. The van der Waals surface area contributed by atoms with Crippen LogP contribution < -0.4 is 10.2 Å². The summed E-state index contributed by atoms with van der Waals surface area (Å²) >= 11 is 0. The summed E-state index contributed by atoms with van der Waals surface area (Å²) in [6.07, 6.45) is 1.86. The second-order valence-corrected chi connectivity index (χ2v) is 4.81. The van der Waals surface area contributed by atoms with Crippen LogP contribution in [0.1, 0.15) is 0 Å². The largest absolute Gasteiger partial charge is 0.381 e. The number of ether oxygens (including phenoxy) is 1. The smallest absolute Gasteiger partial charge is 0.129 e. The van der Waals surface area contributed by atoms with Gasteiger partial charge in [-0.3, -0.25) is 0 Å². The number of aromatic nitrogens is 1. The first-order chi connectivity index (χ1) is 9.88. The van der Waals surface area contributed by atoms with Crippen LogP contribution in [-0.4, -0.2) is 37.8 Å². The molecule has 1 aliphatic rings. The zero-order chi connectivity index (χ0) is 13.8. The van der Waals surface area contributed by atoms with Gasteiger partial charge in [-0.25, -0.2) is 4.98 Å². The lowest BCUT2D eigenvalue weighted by atomic mass is 10.1. The number of fused-ring (bicyclic) bond motifs is 1. The average molecular weight is 269 g/mol. The quantitative estimate of drug-likeness (QED) is 0.866. The van der Waals surface area contributed by atoms with Crippen LogP contribution in [-0.2, 0) is 4.74 Å². The topological polar surface area (TPSA) is 37.4 Å². The third-order valence-corrected chi connectivity index (χ3v) is 3.49. The number of pyridine rings is 1. The zero-order valence-corrected chi connectivity index (χ0v) is 11.5. The summed E-state index contributed by atoms with van der Waals surface area (Å²) in [7, 11) is 0. The molecule has 20 heavy (non-hydrogen) atoms. The van der Waals surface area contributed by atoms with Crippen molar-refractivity contribution in [1.29, 1.82) is 0 Å². The van der Waals surface area contributed by atoms with E-state index < -0.39 is 0 Å². The minimum Gasteiger partial charge on any atom is -0.381 e. The van der Waals surface area contributed by atoms with Crippen molar-refractivity contribution in [3.8, 4) is 0 Å². The van der Waals surface area contributed by atoms with E-state index in [0.717, 1.165) is 55.3 Å². The highest BCUT2D eigenvalue weighted by atomic mass is 16.5. The first kappa shape index (κ1) is 12.9. The van der Waals surface area contributed by atoms with Gasteiger partial charge in [-0.05, 0) is 24.3 Å². The van der Waals surface area contributed by atoms with Crippen molar-refractivity contribution < 1.29 is 4.74 Å². The average Bonchev–Trinajstić information content (AvgIpc) is 2.53. The first-order valence-electron chi connectivity index (χ1n) is 6.96. The van der Waals surface area contributed by atoms with Crippen LogP contribution in [0.3, 0.4) is 0 Å². The van der Waals surface area contributed by atoms with E-state index >= 15 is 0 Å². The molecule has 1 aromatic carbocycles. The number of hydrogen-bond acceptors (Lipinski definition) is 4. The van der Waals surface area contributed by atoms with Crippen LogP contribution in [0.4, 0.5) is 11.5 Å². The van der Waals surface area contributed by atoms with Gasteiger partial charge in [0.05, 0.1) is 18.7 Å². The number of morpholine rings is 1. The minimum absolute atomic E-state index is 0.754. The van der Waals surface area contributed by atoms with Crippen molar-refractivity contribution in [3.05, 3.63) is 43.0 Å². The van der Waals surface area contributed by atoms with Gasteiger partial charge in [0.2, 0.25) is 0 Å². The molecule has 2 heterocycles. The normalized spacial score (nSPS) is 15.3. The number of nitrogens with one attached hydrogen (secondary N) is 1. The van der Waals surface area contributed by atoms with Crippen LogP contribution in [0, 0.1) is 0 Å². The van der Waals surface area contributed by atoms with Crippen molar-refractivity contribution in [1.82, 2.24) is 4.98 Å². The Balaban J connectivity index is 1.92. The van der Waals surface area contributed by atoms with Gasteiger partial charge in [0.15, 0.2) is 0 Å². The van der Waals surface area contributed by atoms with E-state index in [0.29, 0.717) is 0 Å². The lowest BCUT2D eigenvalue weighted by Gasteiger charge is -2.28. The van der Waals surface area contributed by atoms with Gasteiger partial charge in [-0.1, -0.05) is 12.1 Å². The lowest BCUT2D eigenvalue weighted by Crippen LogP contribution is -2.36. The SMILES string of the molecule is C=CCNc1cccc2nc(N3CCOCC3)ccc12. The fraction of sp³-hybridized carbons (Fsp3) is 0.312. The summed E-state index contributed by atoms with van der Waals surface area (Å²) < 4.78 is 5.38. The summed E-state index contributed by atoms with van der Waals surface area (Å²) in [5, 5.41) is 4.49. The number of rotatable bonds is 4. The molecule has 0 saturated carbocycles.